The molecule has 5 heteroatoms. The van der Waals surface area contributed by atoms with E-state index in [0.717, 1.165) is 5.75 Å². The van der Waals surface area contributed by atoms with E-state index in [1.807, 2.05) is 13.0 Å². The molecule has 1 aromatic carbocycles. The summed E-state index contributed by atoms with van der Waals surface area (Å²) in [6.07, 6.45) is 0. The van der Waals surface area contributed by atoms with Crippen molar-refractivity contribution < 1.29 is 9.90 Å². The number of aliphatic hydroxyl groups excluding tert-OH is 1. The Morgan fingerprint density at radius 1 is 1.56 bits per heavy atom. The van der Waals surface area contributed by atoms with Gasteiger partial charge in [0.05, 0.1) is 17.0 Å². The number of nitriles is 1. The first-order valence-corrected chi connectivity index (χ1v) is 6.80. The van der Waals surface area contributed by atoms with E-state index in [9.17, 15) is 4.79 Å². The Morgan fingerprint density at radius 3 is 2.94 bits per heavy atom. The topological polar surface area (TPSA) is 73.1 Å². The Kier molecular flexibility index (Phi) is 6.26. The fraction of sp³-hybridized carbons (Fsp3) is 0.385. The second-order valence-electron chi connectivity index (χ2n) is 4.01. The number of benzene rings is 1. The second-order valence-corrected chi connectivity index (χ2v) is 5.04. The molecule has 2 N–H and O–H groups in total. The third-order valence-corrected chi connectivity index (χ3v) is 3.54. The number of carbonyl (C=O) groups is 1. The van der Waals surface area contributed by atoms with Gasteiger partial charge in [0.15, 0.2) is 0 Å². The lowest BCUT2D eigenvalue weighted by Gasteiger charge is -2.08. The number of para-hydroxylation sites is 1. The molecule has 0 aliphatic carbocycles. The maximum Gasteiger partial charge on any atom is 0.234 e. The monoisotopic (exact) mass is 264 g/mol. The Morgan fingerprint density at radius 2 is 2.28 bits per heavy atom. The average Bonchev–Trinajstić information content (AvgIpc) is 2.39. The number of thioether (sulfide) groups is 1. The summed E-state index contributed by atoms with van der Waals surface area (Å²) in [7, 11) is 0. The number of hydrogen-bond donors (Lipinski definition) is 2. The van der Waals surface area contributed by atoms with Crippen LogP contribution in [0.1, 0.15) is 12.5 Å². The van der Waals surface area contributed by atoms with Crippen molar-refractivity contribution in [1.29, 1.82) is 5.26 Å². The Labute approximate surface area is 111 Å². The van der Waals surface area contributed by atoms with Gasteiger partial charge in [0.2, 0.25) is 5.91 Å². The molecule has 0 aliphatic rings. The van der Waals surface area contributed by atoms with E-state index in [1.165, 1.54) is 11.8 Å². The van der Waals surface area contributed by atoms with E-state index in [-0.39, 0.29) is 18.4 Å². The number of amides is 1. The summed E-state index contributed by atoms with van der Waals surface area (Å²) in [5.74, 6) is 1.12. The number of nitrogens with one attached hydrogen (secondary N) is 1. The van der Waals surface area contributed by atoms with Gasteiger partial charge in [-0.1, -0.05) is 19.1 Å². The first kappa shape index (κ1) is 14.6. The van der Waals surface area contributed by atoms with Crippen LogP contribution in [0, 0.1) is 17.2 Å². The summed E-state index contributed by atoms with van der Waals surface area (Å²) in [5.41, 5.74) is 1.00. The highest BCUT2D eigenvalue weighted by Crippen LogP contribution is 2.14. The average molecular weight is 264 g/mol. The predicted octanol–water partition coefficient (Wildman–Crippen LogP) is 1.86. The number of carbonyl (C=O) groups excluding carboxylic acids is 1. The zero-order valence-corrected chi connectivity index (χ0v) is 11.0. The maximum atomic E-state index is 11.6. The molecule has 1 unspecified atom stereocenters. The third kappa shape index (κ3) is 4.78. The van der Waals surface area contributed by atoms with Crippen LogP contribution in [0.15, 0.2) is 24.3 Å². The van der Waals surface area contributed by atoms with Gasteiger partial charge in [-0.3, -0.25) is 4.79 Å². The van der Waals surface area contributed by atoms with Crippen molar-refractivity contribution in [2.75, 3.05) is 23.4 Å². The molecule has 0 aliphatic heterocycles. The summed E-state index contributed by atoms with van der Waals surface area (Å²) in [6, 6.07) is 8.93. The van der Waals surface area contributed by atoms with Crippen molar-refractivity contribution in [3.8, 4) is 6.07 Å². The molecule has 0 bridgehead atoms. The third-order valence-electron chi connectivity index (χ3n) is 2.27. The number of aliphatic hydroxyl groups is 1. The van der Waals surface area contributed by atoms with Gasteiger partial charge in [0, 0.05) is 6.61 Å². The van der Waals surface area contributed by atoms with Crippen molar-refractivity contribution >= 4 is 23.4 Å². The highest BCUT2D eigenvalue weighted by Gasteiger charge is 2.07. The minimum Gasteiger partial charge on any atom is -0.396 e. The van der Waals surface area contributed by atoms with Gasteiger partial charge in [-0.25, -0.2) is 0 Å². The van der Waals surface area contributed by atoms with Gasteiger partial charge in [-0.2, -0.15) is 17.0 Å². The van der Waals surface area contributed by atoms with Crippen LogP contribution in [0.3, 0.4) is 0 Å². The van der Waals surface area contributed by atoms with Crippen LogP contribution in [0.4, 0.5) is 5.69 Å². The zero-order chi connectivity index (χ0) is 13.4. The van der Waals surface area contributed by atoms with Crippen LogP contribution >= 0.6 is 11.8 Å². The fourth-order valence-corrected chi connectivity index (χ4v) is 2.16. The van der Waals surface area contributed by atoms with E-state index in [0.29, 0.717) is 17.0 Å². The summed E-state index contributed by atoms with van der Waals surface area (Å²) >= 11 is 1.47. The van der Waals surface area contributed by atoms with Crippen LogP contribution in [0.2, 0.25) is 0 Å². The molecular formula is C13H16N2O2S. The lowest BCUT2D eigenvalue weighted by Crippen LogP contribution is -2.16. The van der Waals surface area contributed by atoms with E-state index in [2.05, 4.69) is 5.32 Å². The Balaban J connectivity index is 2.43. The zero-order valence-electron chi connectivity index (χ0n) is 10.2. The molecular weight excluding hydrogens is 248 g/mol. The summed E-state index contributed by atoms with van der Waals surface area (Å²) < 4.78 is 0. The molecule has 0 spiro atoms. The summed E-state index contributed by atoms with van der Waals surface area (Å²) in [6.45, 7) is 2.06. The van der Waals surface area contributed by atoms with Crippen molar-refractivity contribution in [1.82, 2.24) is 0 Å². The highest BCUT2D eigenvalue weighted by molar-refractivity contribution is 7.99. The van der Waals surface area contributed by atoms with E-state index >= 15 is 0 Å². The van der Waals surface area contributed by atoms with Gasteiger partial charge in [0.25, 0.3) is 0 Å². The Bertz CT molecular complexity index is 443. The van der Waals surface area contributed by atoms with Crippen molar-refractivity contribution in [3.63, 3.8) is 0 Å². The highest BCUT2D eigenvalue weighted by atomic mass is 32.2. The lowest BCUT2D eigenvalue weighted by atomic mass is 10.2. The second kappa shape index (κ2) is 7.75. The number of anilines is 1. The first-order chi connectivity index (χ1) is 8.67. The standard InChI is InChI=1S/C13H16N2O2S/c1-10(7-16)8-18-9-13(17)15-12-5-3-2-4-11(12)6-14/h2-5,10,16H,7-9H2,1H3,(H,15,17). The first-order valence-electron chi connectivity index (χ1n) is 5.65. The summed E-state index contributed by atoms with van der Waals surface area (Å²) in [4.78, 5) is 11.6. The van der Waals surface area contributed by atoms with E-state index < -0.39 is 0 Å². The number of hydrogen-bond acceptors (Lipinski definition) is 4. The van der Waals surface area contributed by atoms with Crippen molar-refractivity contribution in [2.24, 2.45) is 5.92 Å². The van der Waals surface area contributed by atoms with Crippen molar-refractivity contribution in [3.05, 3.63) is 29.8 Å². The van der Waals surface area contributed by atoms with Crippen LogP contribution in [-0.4, -0.2) is 29.1 Å². The van der Waals surface area contributed by atoms with Gasteiger partial charge < -0.3 is 10.4 Å². The normalized spacial score (nSPS) is 11.6. The van der Waals surface area contributed by atoms with Crippen LogP contribution in [-0.2, 0) is 4.79 Å². The van der Waals surface area contributed by atoms with E-state index in [4.69, 9.17) is 10.4 Å². The largest absolute Gasteiger partial charge is 0.396 e. The number of rotatable bonds is 6. The molecule has 0 fully saturated rings. The van der Waals surface area contributed by atoms with Gasteiger partial charge in [0.1, 0.15) is 6.07 Å². The number of nitrogens with zero attached hydrogens (tertiary/aromatic N) is 1. The van der Waals surface area contributed by atoms with Gasteiger partial charge in [-0.15, -0.1) is 0 Å². The summed E-state index contributed by atoms with van der Waals surface area (Å²) in [5, 5.41) is 20.4. The minimum atomic E-state index is -0.132. The molecule has 0 saturated carbocycles. The predicted molar refractivity (Wildman–Crippen MR) is 73.4 cm³/mol. The molecule has 0 aromatic heterocycles. The molecule has 1 aromatic rings. The van der Waals surface area contributed by atoms with Crippen molar-refractivity contribution in [2.45, 2.75) is 6.92 Å². The van der Waals surface area contributed by atoms with Gasteiger partial charge in [-0.05, 0) is 23.8 Å². The molecule has 0 radical (unpaired) electrons. The Hall–Kier alpha value is -1.51. The van der Waals surface area contributed by atoms with Crippen LogP contribution in [0.5, 0.6) is 0 Å². The molecule has 0 saturated heterocycles. The SMILES string of the molecule is CC(CO)CSCC(=O)Nc1ccccc1C#N. The van der Waals surface area contributed by atoms with Gasteiger partial charge >= 0.3 is 0 Å². The molecule has 1 amide bonds. The molecule has 18 heavy (non-hydrogen) atoms. The molecule has 0 heterocycles. The molecule has 96 valence electrons. The molecule has 4 nitrogen and oxygen atoms in total. The van der Waals surface area contributed by atoms with Crippen LogP contribution < -0.4 is 5.32 Å². The smallest absolute Gasteiger partial charge is 0.234 e. The minimum absolute atomic E-state index is 0.131. The quantitative estimate of drug-likeness (QED) is 0.822. The maximum absolute atomic E-state index is 11.6. The fourth-order valence-electron chi connectivity index (χ4n) is 1.28. The molecule has 1 rings (SSSR count). The van der Waals surface area contributed by atoms with Crippen LogP contribution in [0.25, 0.3) is 0 Å². The van der Waals surface area contributed by atoms with E-state index in [1.54, 1.807) is 24.3 Å². The lowest BCUT2D eigenvalue weighted by molar-refractivity contribution is -0.113. The molecule has 1 atom stereocenters.